The van der Waals surface area contributed by atoms with Gasteiger partial charge >= 0.3 is 5.97 Å². The molecule has 0 aliphatic rings. The molecule has 0 bridgehead atoms. The minimum atomic E-state index is -0.687. The molecule has 0 fully saturated rings. The fourth-order valence-corrected chi connectivity index (χ4v) is 3.34. The van der Waals surface area contributed by atoms with Crippen LogP contribution in [0.3, 0.4) is 0 Å². The quantitative estimate of drug-likeness (QED) is 0.353. The molecular weight excluding hydrogens is 392 g/mol. The maximum Gasteiger partial charge on any atom is 0.340 e. The minimum absolute atomic E-state index is 0.176. The molecule has 0 atom stereocenters. The molecular formula is C25H20N2O4. The van der Waals surface area contributed by atoms with Crippen LogP contribution in [-0.2, 0) is 4.74 Å². The molecule has 2 N–H and O–H groups in total. The standard InChI is InChI=1S/C25H20N2O4/c1-16-7-6-8-17(13-16)24(29)27-22-12-5-3-10-19(22)25(30)31-15-23(28)20-14-26-21-11-4-2-9-18(20)21/h2-14,26H,15H2,1H3,(H,27,29). The van der Waals surface area contributed by atoms with Crippen molar-refractivity contribution in [1.29, 1.82) is 0 Å². The topological polar surface area (TPSA) is 88.3 Å². The number of hydrogen-bond donors (Lipinski definition) is 2. The van der Waals surface area contributed by atoms with E-state index in [0.29, 0.717) is 16.8 Å². The van der Waals surface area contributed by atoms with E-state index in [1.807, 2.05) is 37.3 Å². The lowest BCUT2D eigenvalue weighted by Gasteiger charge is -2.11. The van der Waals surface area contributed by atoms with Crippen LogP contribution in [-0.4, -0.2) is 29.3 Å². The number of carbonyl (C=O) groups excluding carboxylic acids is 3. The number of ether oxygens (including phenoxy) is 1. The Morgan fingerprint density at radius 2 is 1.68 bits per heavy atom. The van der Waals surface area contributed by atoms with Crippen LogP contribution in [0.15, 0.2) is 79.0 Å². The number of benzene rings is 3. The Hall–Kier alpha value is -4.19. The number of carbonyl (C=O) groups is 3. The van der Waals surface area contributed by atoms with E-state index in [0.717, 1.165) is 16.5 Å². The number of ketones is 1. The normalized spacial score (nSPS) is 10.6. The van der Waals surface area contributed by atoms with Crippen LogP contribution in [0.2, 0.25) is 0 Å². The molecule has 0 unspecified atom stereocenters. The SMILES string of the molecule is Cc1cccc(C(=O)Nc2ccccc2C(=O)OCC(=O)c2c[nH]c3ccccc23)c1. The number of esters is 1. The summed E-state index contributed by atoms with van der Waals surface area (Å²) in [6.45, 7) is 1.49. The minimum Gasteiger partial charge on any atom is -0.454 e. The molecule has 31 heavy (non-hydrogen) atoms. The van der Waals surface area contributed by atoms with E-state index in [-0.39, 0.29) is 17.3 Å². The van der Waals surface area contributed by atoms with Crippen molar-refractivity contribution < 1.29 is 19.1 Å². The molecule has 0 aliphatic carbocycles. The second kappa shape index (κ2) is 8.67. The van der Waals surface area contributed by atoms with Gasteiger partial charge in [0, 0.05) is 28.2 Å². The first kappa shape index (κ1) is 20.1. The van der Waals surface area contributed by atoms with Gasteiger partial charge in [-0.1, -0.05) is 48.0 Å². The van der Waals surface area contributed by atoms with Crippen molar-refractivity contribution >= 4 is 34.3 Å². The smallest absolute Gasteiger partial charge is 0.340 e. The van der Waals surface area contributed by atoms with E-state index in [9.17, 15) is 14.4 Å². The van der Waals surface area contributed by atoms with Crippen molar-refractivity contribution in [1.82, 2.24) is 4.98 Å². The first-order valence-corrected chi connectivity index (χ1v) is 9.76. The molecule has 0 spiro atoms. The number of aryl methyl sites for hydroxylation is 1. The first-order chi connectivity index (χ1) is 15.0. The van der Waals surface area contributed by atoms with Crippen molar-refractivity contribution in [2.45, 2.75) is 6.92 Å². The molecule has 0 radical (unpaired) electrons. The zero-order valence-electron chi connectivity index (χ0n) is 16.8. The second-order valence-electron chi connectivity index (χ2n) is 7.12. The number of Topliss-reactive ketones (excluding diaryl/α,β-unsaturated/α-hetero) is 1. The molecule has 4 rings (SSSR count). The Balaban J connectivity index is 1.46. The number of nitrogens with one attached hydrogen (secondary N) is 2. The lowest BCUT2D eigenvalue weighted by molar-refractivity contribution is 0.0476. The first-order valence-electron chi connectivity index (χ1n) is 9.76. The maximum atomic E-state index is 12.6. The van der Waals surface area contributed by atoms with Crippen LogP contribution in [0, 0.1) is 6.92 Å². The number of hydrogen-bond acceptors (Lipinski definition) is 4. The van der Waals surface area contributed by atoms with E-state index < -0.39 is 12.6 Å². The average molecular weight is 412 g/mol. The third kappa shape index (κ3) is 4.38. The Bertz CT molecular complexity index is 1290. The van der Waals surface area contributed by atoms with Gasteiger partial charge in [-0.2, -0.15) is 0 Å². The molecule has 1 aromatic heterocycles. The summed E-state index contributed by atoms with van der Waals surface area (Å²) in [5.74, 6) is -1.33. The average Bonchev–Trinajstić information content (AvgIpc) is 3.22. The Labute approximate surface area is 178 Å². The number of anilines is 1. The third-order valence-corrected chi connectivity index (χ3v) is 4.90. The van der Waals surface area contributed by atoms with Gasteiger partial charge in [-0.05, 0) is 37.3 Å². The molecule has 6 heteroatoms. The molecule has 3 aromatic carbocycles. The van der Waals surface area contributed by atoms with E-state index in [2.05, 4.69) is 10.3 Å². The molecule has 0 saturated carbocycles. The zero-order valence-corrected chi connectivity index (χ0v) is 16.8. The highest BCUT2D eigenvalue weighted by atomic mass is 16.5. The lowest BCUT2D eigenvalue weighted by atomic mass is 10.1. The molecule has 154 valence electrons. The summed E-state index contributed by atoms with van der Waals surface area (Å²) in [5, 5.41) is 3.52. The van der Waals surface area contributed by atoms with E-state index >= 15 is 0 Å². The van der Waals surface area contributed by atoms with Crippen molar-refractivity contribution in [3.8, 4) is 0 Å². The molecule has 1 amide bonds. The molecule has 1 heterocycles. The second-order valence-corrected chi connectivity index (χ2v) is 7.12. The van der Waals surface area contributed by atoms with Crippen LogP contribution in [0.4, 0.5) is 5.69 Å². The summed E-state index contributed by atoms with van der Waals surface area (Å²) in [5.41, 5.74) is 3.23. The van der Waals surface area contributed by atoms with Gasteiger partial charge in [0.05, 0.1) is 11.3 Å². The lowest BCUT2D eigenvalue weighted by Crippen LogP contribution is -2.18. The predicted octanol–water partition coefficient (Wildman–Crippen LogP) is 4.77. The van der Waals surface area contributed by atoms with Gasteiger partial charge in [-0.15, -0.1) is 0 Å². The van der Waals surface area contributed by atoms with Crippen molar-refractivity contribution in [2.75, 3.05) is 11.9 Å². The Morgan fingerprint density at radius 1 is 0.903 bits per heavy atom. The number of para-hydroxylation sites is 2. The molecule has 0 aliphatic heterocycles. The fraction of sp³-hybridized carbons (Fsp3) is 0.0800. The van der Waals surface area contributed by atoms with Gasteiger partial charge in [0.15, 0.2) is 6.61 Å². The van der Waals surface area contributed by atoms with Crippen LogP contribution in [0.25, 0.3) is 10.9 Å². The van der Waals surface area contributed by atoms with Gasteiger partial charge in [0.2, 0.25) is 5.78 Å². The number of fused-ring (bicyclic) bond motifs is 1. The van der Waals surface area contributed by atoms with Gasteiger partial charge < -0.3 is 15.0 Å². The number of aromatic amines is 1. The molecule has 0 saturated heterocycles. The summed E-state index contributed by atoms with van der Waals surface area (Å²) in [6.07, 6.45) is 1.61. The number of rotatable bonds is 6. The molecule has 4 aromatic rings. The van der Waals surface area contributed by atoms with Crippen LogP contribution in [0.5, 0.6) is 0 Å². The van der Waals surface area contributed by atoms with Gasteiger partial charge in [-0.25, -0.2) is 4.79 Å². The van der Waals surface area contributed by atoms with Crippen molar-refractivity contribution in [3.63, 3.8) is 0 Å². The van der Waals surface area contributed by atoms with Crippen LogP contribution < -0.4 is 5.32 Å². The predicted molar refractivity (Wildman–Crippen MR) is 118 cm³/mol. The van der Waals surface area contributed by atoms with Crippen molar-refractivity contribution in [3.05, 3.63) is 101 Å². The fourth-order valence-electron chi connectivity index (χ4n) is 3.34. The summed E-state index contributed by atoms with van der Waals surface area (Å²) in [7, 11) is 0. The Kier molecular flexibility index (Phi) is 5.62. The van der Waals surface area contributed by atoms with Gasteiger partial charge in [-0.3, -0.25) is 9.59 Å². The zero-order chi connectivity index (χ0) is 21.8. The summed E-state index contributed by atoms with van der Waals surface area (Å²) in [4.78, 5) is 40.8. The highest BCUT2D eigenvalue weighted by Crippen LogP contribution is 2.20. The van der Waals surface area contributed by atoms with Crippen LogP contribution >= 0.6 is 0 Å². The summed E-state index contributed by atoms with van der Waals surface area (Å²) in [6, 6.07) is 21.1. The van der Waals surface area contributed by atoms with E-state index in [1.54, 1.807) is 48.7 Å². The number of aromatic nitrogens is 1. The third-order valence-electron chi connectivity index (χ3n) is 4.90. The van der Waals surface area contributed by atoms with E-state index in [4.69, 9.17) is 4.74 Å². The van der Waals surface area contributed by atoms with Gasteiger partial charge in [0.1, 0.15) is 0 Å². The van der Waals surface area contributed by atoms with Gasteiger partial charge in [0.25, 0.3) is 5.91 Å². The highest BCUT2D eigenvalue weighted by molar-refractivity contribution is 6.10. The van der Waals surface area contributed by atoms with Crippen molar-refractivity contribution in [2.24, 2.45) is 0 Å². The number of H-pyrrole nitrogens is 1. The number of amides is 1. The Morgan fingerprint density at radius 3 is 2.52 bits per heavy atom. The van der Waals surface area contributed by atoms with Crippen LogP contribution in [0.1, 0.15) is 36.6 Å². The van der Waals surface area contributed by atoms with E-state index in [1.165, 1.54) is 0 Å². The summed E-state index contributed by atoms with van der Waals surface area (Å²) >= 11 is 0. The highest BCUT2D eigenvalue weighted by Gasteiger charge is 2.18. The maximum absolute atomic E-state index is 12.6. The largest absolute Gasteiger partial charge is 0.454 e. The monoisotopic (exact) mass is 412 g/mol. The molecule has 6 nitrogen and oxygen atoms in total. The summed E-state index contributed by atoms with van der Waals surface area (Å²) < 4.78 is 5.26.